The van der Waals surface area contributed by atoms with Gasteiger partial charge in [-0.15, -0.1) is 0 Å². The van der Waals surface area contributed by atoms with Crippen molar-refractivity contribution < 1.29 is 17.6 Å². The van der Waals surface area contributed by atoms with Crippen molar-refractivity contribution in [1.82, 2.24) is 10.0 Å². The second-order valence-electron chi connectivity index (χ2n) is 5.83. The number of carbonyl (C=O) groups is 1. The van der Waals surface area contributed by atoms with E-state index in [1.807, 2.05) is 11.6 Å². The number of halogens is 1. The van der Waals surface area contributed by atoms with Crippen LogP contribution in [0.3, 0.4) is 0 Å². The molecule has 10 heteroatoms. The summed E-state index contributed by atoms with van der Waals surface area (Å²) in [6, 6.07) is 10.7. The Kier molecular flexibility index (Phi) is 7.70. The summed E-state index contributed by atoms with van der Waals surface area (Å²) in [6.45, 7) is 2.37. The van der Waals surface area contributed by atoms with Crippen LogP contribution in [-0.2, 0) is 10.0 Å². The molecule has 0 aliphatic heterocycles. The molecule has 2 rings (SSSR count). The maximum absolute atomic E-state index is 12.9. The minimum atomic E-state index is -3.97. The zero-order chi connectivity index (χ0) is 20.6. The zero-order valence-electron chi connectivity index (χ0n) is 15.2. The number of sulfonamides is 1. The Morgan fingerprint density at radius 1 is 1.00 bits per heavy atom. The van der Waals surface area contributed by atoms with Crippen LogP contribution in [0, 0.1) is 5.82 Å². The summed E-state index contributed by atoms with van der Waals surface area (Å²) in [4.78, 5) is 11.6. The average molecular weight is 425 g/mol. The van der Waals surface area contributed by atoms with E-state index in [-0.39, 0.29) is 15.8 Å². The Labute approximate surface area is 168 Å². The summed E-state index contributed by atoms with van der Waals surface area (Å²) in [7, 11) is -3.97. The van der Waals surface area contributed by atoms with E-state index in [1.165, 1.54) is 48.5 Å². The number of thiocarbonyl (C=S) groups is 1. The van der Waals surface area contributed by atoms with Crippen molar-refractivity contribution in [2.24, 2.45) is 0 Å². The van der Waals surface area contributed by atoms with Crippen LogP contribution in [0.5, 0.6) is 0 Å². The van der Waals surface area contributed by atoms with Crippen LogP contribution in [0.25, 0.3) is 0 Å². The van der Waals surface area contributed by atoms with E-state index in [4.69, 9.17) is 12.2 Å². The van der Waals surface area contributed by atoms with Crippen LogP contribution in [0.15, 0.2) is 53.4 Å². The molecule has 0 radical (unpaired) electrons. The van der Waals surface area contributed by atoms with Gasteiger partial charge in [0.1, 0.15) is 5.82 Å². The molecule has 7 nitrogen and oxygen atoms in total. The van der Waals surface area contributed by atoms with Crippen molar-refractivity contribution >= 4 is 44.8 Å². The zero-order valence-corrected chi connectivity index (χ0v) is 16.8. The third-order valence-electron chi connectivity index (χ3n) is 3.57. The summed E-state index contributed by atoms with van der Waals surface area (Å²) in [5.74, 6) is -0.353. The van der Waals surface area contributed by atoms with Gasteiger partial charge in [0, 0.05) is 17.9 Å². The van der Waals surface area contributed by atoms with Gasteiger partial charge in [-0.25, -0.2) is 22.3 Å². The van der Waals surface area contributed by atoms with Crippen molar-refractivity contribution in [2.45, 2.75) is 24.7 Å². The number of carbonyl (C=O) groups excluding carboxylic acids is 1. The fourth-order valence-electron chi connectivity index (χ4n) is 2.14. The highest BCUT2D eigenvalue weighted by atomic mass is 32.2. The molecule has 0 spiro atoms. The number of hydrogen-bond donors (Lipinski definition) is 4. The Bertz CT molecular complexity index is 917. The predicted molar refractivity (Wildman–Crippen MR) is 111 cm³/mol. The molecule has 150 valence electrons. The maximum atomic E-state index is 12.9. The summed E-state index contributed by atoms with van der Waals surface area (Å²) >= 11 is 5.17. The summed E-state index contributed by atoms with van der Waals surface area (Å²) < 4.78 is 39.3. The lowest BCUT2D eigenvalue weighted by Crippen LogP contribution is -2.39. The fourth-order valence-corrected chi connectivity index (χ4v) is 3.30. The number of hydrogen-bond acceptors (Lipinski definition) is 4. The number of rotatable bonds is 7. The van der Waals surface area contributed by atoms with E-state index in [2.05, 4.69) is 16.0 Å². The minimum Gasteiger partial charge on any atom is -0.337 e. The van der Waals surface area contributed by atoms with Crippen molar-refractivity contribution in [3.05, 3.63) is 54.3 Å². The molecule has 28 heavy (non-hydrogen) atoms. The lowest BCUT2D eigenvalue weighted by atomic mass is 10.3. The molecule has 0 saturated heterocycles. The highest BCUT2D eigenvalue weighted by Crippen LogP contribution is 2.15. The van der Waals surface area contributed by atoms with Gasteiger partial charge in [0.2, 0.25) is 0 Å². The molecule has 0 heterocycles. The Hall–Kier alpha value is -2.72. The molecule has 0 fully saturated rings. The quantitative estimate of drug-likeness (QED) is 0.402. The first-order valence-corrected chi connectivity index (χ1v) is 10.4. The van der Waals surface area contributed by atoms with Crippen molar-refractivity contribution in [1.29, 1.82) is 0 Å². The number of anilines is 2. The van der Waals surface area contributed by atoms with Crippen LogP contribution < -0.4 is 20.7 Å². The number of nitrogens with one attached hydrogen (secondary N) is 4. The van der Waals surface area contributed by atoms with Gasteiger partial charge in [-0.05, 0) is 67.2 Å². The maximum Gasteiger partial charge on any atom is 0.328 e. The van der Waals surface area contributed by atoms with Gasteiger partial charge >= 0.3 is 6.03 Å². The number of urea groups is 1. The fraction of sp³-hybridized carbons (Fsp3) is 0.222. The molecule has 0 bridgehead atoms. The van der Waals surface area contributed by atoms with Crippen LogP contribution in [0.2, 0.25) is 0 Å². The second-order valence-corrected chi connectivity index (χ2v) is 7.92. The van der Waals surface area contributed by atoms with Crippen molar-refractivity contribution in [3.63, 3.8) is 0 Å². The smallest absolute Gasteiger partial charge is 0.328 e. The molecule has 0 aliphatic rings. The van der Waals surface area contributed by atoms with Gasteiger partial charge in [-0.3, -0.25) is 0 Å². The first-order chi connectivity index (χ1) is 13.3. The van der Waals surface area contributed by atoms with E-state index in [1.54, 1.807) is 0 Å². The average Bonchev–Trinajstić information content (AvgIpc) is 2.64. The summed E-state index contributed by atoms with van der Waals surface area (Å²) in [6.07, 6.45) is 1.65. The highest BCUT2D eigenvalue weighted by Gasteiger charge is 2.17. The lowest BCUT2D eigenvalue weighted by Gasteiger charge is -2.12. The first-order valence-electron chi connectivity index (χ1n) is 8.54. The van der Waals surface area contributed by atoms with E-state index in [9.17, 15) is 17.6 Å². The second kappa shape index (κ2) is 10.00. The Morgan fingerprint density at radius 3 is 2.07 bits per heavy atom. The van der Waals surface area contributed by atoms with Crippen LogP contribution in [0.1, 0.15) is 19.8 Å². The summed E-state index contributed by atoms with van der Waals surface area (Å²) in [5, 5.41) is 8.52. The minimum absolute atomic E-state index is 0.0545. The molecule has 0 aromatic heterocycles. The topological polar surface area (TPSA) is 99.3 Å². The molecule has 0 unspecified atom stereocenters. The molecule has 4 N–H and O–H groups in total. The van der Waals surface area contributed by atoms with E-state index < -0.39 is 16.1 Å². The third-order valence-corrected chi connectivity index (χ3v) is 5.12. The van der Waals surface area contributed by atoms with Gasteiger partial charge in [0.25, 0.3) is 10.0 Å². The molecular weight excluding hydrogens is 403 g/mol. The van der Waals surface area contributed by atoms with E-state index in [0.29, 0.717) is 17.9 Å². The standard InChI is InChI=1S/C18H21FN4O3S2/c1-2-3-12-20-17(24)23-28(25,26)16-10-8-15(9-11-16)22-18(27)21-14-6-4-13(19)5-7-14/h4-11H,2-3,12H2,1H3,(H2,20,23,24)(H2,21,22,27). The van der Waals surface area contributed by atoms with Crippen LogP contribution in [0.4, 0.5) is 20.6 Å². The molecule has 2 aromatic carbocycles. The monoisotopic (exact) mass is 424 g/mol. The molecule has 0 aliphatic carbocycles. The highest BCUT2D eigenvalue weighted by molar-refractivity contribution is 7.90. The third kappa shape index (κ3) is 6.78. The Balaban J connectivity index is 1.93. The normalized spacial score (nSPS) is 10.8. The van der Waals surface area contributed by atoms with Crippen LogP contribution >= 0.6 is 12.2 Å². The van der Waals surface area contributed by atoms with Crippen molar-refractivity contribution in [3.8, 4) is 0 Å². The lowest BCUT2D eigenvalue weighted by molar-refractivity contribution is 0.245. The summed E-state index contributed by atoms with van der Waals surface area (Å²) in [5.41, 5.74) is 1.15. The van der Waals surface area contributed by atoms with E-state index in [0.717, 1.165) is 12.8 Å². The molecule has 0 atom stereocenters. The molecule has 2 amide bonds. The van der Waals surface area contributed by atoms with Gasteiger partial charge in [-0.1, -0.05) is 13.3 Å². The number of unbranched alkanes of at least 4 members (excludes halogenated alkanes) is 1. The van der Waals surface area contributed by atoms with E-state index >= 15 is 0 Å². The largest absolute Gasteiger partial charge is 0.337 e. The number of benzene rings is 2. The van der Waals surface area contributed by atoms with Gasteiger partial charge in [-0.2, -0.15) is 0 Å². The molecule has 0 saturated carbocycles. The molecule has 2 aromatic rings. The van der Waals surface area contributed by atoms with Crippen LogP contribution in [-0.4, -0.2) is 26.1 Å². The molecular formula is C18H21FN4O3S2. The first kappa shape index (κ1) is 21.6. The SMILES string of the molecule is CCCCNC(=O)NS(=O)(=O)c1ccc(NC(=S)Nc2ccc(F)cc2)cc1. The van der Waals surface area contributed by atoms with Gasteiger partial charge < -0.3 is 16.0 Å². The van der Waals surface area contributed by atoms with Gasteiger partial charge in [0.05, 0.1) is 4.90 Å². The van der Waals surface area contributed by atoms with Gasteiger partial charge in [0.15, 0.2) is 5.11 Å². The number of amides is 2. The Morgan fingerprint density at radius 2 is 1.54 bits per heavy atom. The van der Waals surface area contributed by atoms with Crippen molar-refractivity contribution in [2.75, 3.05) is 17.2 Å². The predicted octanol–water partition coefficient (Wildman–Crippen LogP) is 3.42.